The average molecular weight is 315 g/mol. The first-order chi connectivity index (χ1) is 9.87. The number of carboxylic acid groups (broad SMARTS) is 2. The Bertz CT molecular complexity index is 467. The van der Waals surface area contributed by atoms with Gasteiger partial charge in [-0.05, 0) is 24.8 Å². The van der Waals surface area contributed by atoms with E-state index in [1.165, 1.54) is 6.08 Å². The Labute approximate surface area is 130 Å². The van der Waals surface area contributed by atoms with Gasteiger partial charge < -0.3 is 10.2 Å². The molecule has 2 unspecified atom stereocenters. The van der Waals surface area contributed by atoms with Gasteiger partial charge in [0.25, 0.3) is 0 Å². The molecule has 0 saturated carbocycles. The van der Waals surface area contributed by atoms with Gasteiger partial charge in [0, 0.05) is 0 Å². The zero-order valence-electron chi connectivity index (χ0n) is 12.6. The van der Waals surface area contributed by atoms with Crippen LogP contribution in [0.15, 0.2) is 23.3 Å². The van der Waals surface area contributed by atoms with Crippen molar-refractivity contribution in [3.63, 3.8) is 0 Å². The second-order valence-electron chi connectivity index (χ2n) is 5.44. The molecule has 2 N–H and O–H groups in total. The first-order valence-electron chi connectivity index (χ1n) is 7.45. The largest absolute Gasteiger partial charge is 0.481 e. The number of alkyl halides is 1. The molecule has 0 bridgehead atoms. The van der Waals surface area contributed by atoms with Crippen molar-refractivity contribution in [3.05, 3.63) is 23.3 Å². The summed E-state index contributed by atoms with van der Waals surface area (Å²) >= 11 is 6.66. The van der Waals surface area contributed by atoms with Crippen LogP contribution in [-0.4, -0.2) is 27.0 Å². The van der Waals surface area contributed by atoms with E-state index in [4.69, 9.17) is 11.6 Å². The van der Waals surface area contributed by atoms with E-state index in [2.05, 4.69) is 0 Å². The van der Waals surface area contributed by atoms with E-state index in [0.717, 1.165) is 25.7 Å². The van der Waals surface area contributed by atoms with Crippen molar-refractivity contribution >= 4 is 23.5 Å². The predicted octanol–water partition coefficient (Wildman–Crippen LogP) is 4.00. The third-order valence-electron chi connectivity index (χ3n) is 3.86. The highest BCUT2D eigenvalue weighted by atomic mass is 35.5. The fourth-order valence-corrected chi connectivity index (χ4v) is 3.09. The van der Waals surface area contributed by atoms with Gasteiger partial charge in [0.1, 0.15) is 5.92 Å². The number of allylic oxidation sites excluding steroid dienone is 2. The topological polar surface area (TPSA) is 74.6 Å². The second-order valence-corrected chi connectivity index (χ2v) is 6.12. The fraction of sp³-hybridized carbons (Fsp3) is 0.625. The summed E-state index contributed by atoms with van der Waals surface area (Å²) in [6.07, 6.45) is 7.78. The van der Waals surface area contributed by atoms with Gasteiger partial charge in [-0.25, -0.2) is 4.79 Å². The Hall–Kier alpha value is -1.29. The first kappa shape index (κ1) is 17.8. The van der Waals surface area contributed by atoms with E-state index < -0.39 is 22.7 Å². The first-order valence-corrected chi connectivity index (χ1v) is 7.83. The maximum absolute atomic E-state index is 11.6. The van der Waals surface area contributed by atoms with Crippen LogP contribution in [-0.2, 0) is 9.59 Å². The predicted molar refractivity (Wildman–Crippen MR) is 82.6 cm³/mol. The number of halogens is 1. The molecular weight excluding hydrogens is 292 g/mol. The standard InChI is InChI=1S/C16H23ClO4/c1-3-5-7-12-13(15(20)21)11(14(18)19)8-10-16(12,17)9-6-4-2/h8,10-11H,3-7,9H2,1-2H3,(H,18,19)(H,20,21). The minimum absolute atomic E-state index is 0.0513. The molecule has 0 aromatic rings. The molecule has 1 aliphatic carbocycles. The van der Waals surface area contributed by atoms with E-state index in [9.17, 15) is 19.8 Å². The molecule has 0 amide bonds. The van der Waals surface area contributed by atoms with Gasteiger partial charge in [0.05, 0.1) is 10.4 Å². The summed E-state index contributed by atoms with van der Waals surface area (Å²) in [6.45, 7) is 4.05. The van der Waals surface area contributed by atoms with Crippen LogP contribution >= 0.6 is 11.6 Å². The molecule has 0 saturated heterocycles. The van der Waals surface area contributed by atoms with Gasteiger partial charge in [-0.3, -0.25) is 4.79 Å². The molecule has 21 heavy (non-hydrogen) atoms. The Kier molecular flexibility index (Phi) is 6.46. The zero-order chi connectivity index (χ0) is 16.0. The van der Waals surface area contributed by atoms with Crippen molar-refractivity contribution in [3.8, 4) is 0 Å². The van der Waals surface area contributed by atoms with Crippen LogP contribution < -0.4 is 0 Å². The number of aliphatic carboxylic acids is 2. The SMILES string of the molecule is CCCCC1=C(C(=O)O)C(C(=O)O)C=CC1(Cl)CCCC. The van der Waals surface area contributed by atoms with E-state index in [1.807, 2.05) is 13.8 Å². The van der Waals surface area contributed by atoms with Crippen LogP contribution in [0.3, 0.4) is 0 Å². The number of rotatable bonds is 8. The molecule has 0 spiro atoms. The fourth-order valence-electron chi connectivity index (χ4n) is 2.69. The average Bonchev–Trinajstić information content (AvgIpc) is 2.43. The lowest BCUT2D eigenvalue weighted by Crippen LogP contribution is -2.33. The Morgan fingerprint density at radius 3 is 2.33 bits per heavy atom. The summed E-state index contributed by atoms with van der Waals surface area (Å²) in [7, 11) is 0. The minimum atomic E-state index is -1.18. The Morgan fingerprint density at radius 1 is 1.24 bits per heavy atom. The van der Waals surface area contributed by atoms with Gasteiger partial charge in [0.15, 0.2) is 0 Å². The van der Waals surface area contributed by atoms with Gasteiger partial charge in [-0.2, -0.15) is 0 Å². The van der Waals surface area contributed by atoms with Crippen LogP contribution in [0.2, 0.25) is 0 Å². The van der Waals surface area contributed by atoms with Crippen molar-refractivity contribution in [2.24, 2.45) is 5.92 Å². The second kappa shape index (κ2) is 7.64. The molecule has 4 nitrogen and oxygen atoms in total. The maximum Gasteiger partial charge on any atom is 0.332 e. The van der Waals surface area contributed by atoms with E-state index in [0.29, 0.717) is 18.4 Å². The van der Waals surface area contributed by atoms with E-state index in [1.54, 1.807) is 6.08 Å². The van der Waals surface area contributed by atoms with Gasteiger partial charge in [-0.1, -0.05) is 45.3 Å². The molecule has 5 heteroatoms. The van der Waals surface area contributed by atoms with Crippen LogP contribution in [0.5, 0.6) is 0 Å². The highest BCUT2D eigenvalue weighted by molar-refractivity contribution is 6.28. The van der Waals surface area contributed by atoms with Crippen molar-refractivity contribution in [1.29, 1.82) is 0 Å². The molecule has 2 atom stereocenters. The van der Waals surface area contributed by atoms with Gasteiger partial charge in [-0.15, -0.1) is 11.6 Å². The molecule has 1 aliphatic rings. The molecule has 0 heterocycles. The number of carboxylic acids is 2. The molecule has 0 aromatic carbocycles. The monoisotopic (exact) mass is 314 g/mol. The third kappa shape index (κ3) is 4.10. The molecule has 0 radical (unpaired) electrons. The molecule has 0 fully saturated rings. The number of unbranched alkanes of at least 4 members (excludes halogenated alkanes) is 2. The molecule has 0 aromatic heterocycles. The lowest BCUT2D eigenvalue weighted by molar-refractivity contribution is -0.142. The molecular formula is C16H23ClO4. The molecule has 0 aliphatic heterocycles. The summed E-state index contributed by atoms with van der Waals surface area (Å²) < 4.78 is 0. The van der Waals surface area contributed by atoms with E-state index in [-0.39, 0.29) is 5.57 Å². The lowest BCUT2D eigenvalue weighted by atomic mass is 9.77. The maximum atomic E-state index is 11.6. The van der Waals surface area contributed by atoms with Crippen LogP contribution in [0.1, 0.15) is 52.4 Å². The Morgan fingerprint density at radius 2 is 1.86 bits per heavy atom. The number of hydrogen-bond donors (Lipinski definition) is 2. The normalized spacial score (nSPS) is 25.2. The van der Waals surface area contributed by atoms with E-state index >= 15 is 0 Å². The van der Waals surface area contributed by atoms with Crippen molar-refractivity contribution in [2.45, 2.75) is 57.2 Å². The minimum Gasteiger partial charge on any atom is -0.481 e. The summed E-state index contributed by atoms with van der Waals surface area (Å²) in [5.41, 5.74) is 0.520. The lowest BCUT2D eigenvalue weighted by Gasteiger charge is -2.33. The summed E-state index contributed by atoms with van der Waals surface area (Å²) in [5.74, 6) is -3.44. The van der Waals surface area contributed by atoms with Crippen LogP contribution in [0.25, 0.3) is 0 Å². The van der Waals surface area contributed by atoms with Crippen molar-refractivity contribution in [2.75, 3.05) is 0 Å². The smallest absolute Gasteiger partial charge is 0.332 e. The van der Waals surface area contributed by atoms with Crippen molar-refractivity contribution < 1.29 is 19.8 Å². The quantitative estimate of drug-likeness (QED) is 0.524. The zero-order valence-corrected chi connectivity index (χ0v) is 13.3. The van der Waals surface area contributed by atoms with Crippen molar-refractivity contribution in [1.82, 2.24) is 0 Å². The van der Waals surface area contributed by atoms with Crippen LogP contribution in [0, 0.1) is 5.92 Å². The number of hydrogen-bond acceptors (Lipinski definition) is 2. The summed E-state index contributed by atoms with van der Waals surface area (Å²) in [6, 6.07) is 0. The van der Waals surface area contributed by atoms with Gasteiger partial charge in [0.2, 0.25) is 0 Å². The Balaban J connectivity index is 3.30. The third-order valence-corrected chi connectivity index (χ3v) is 4.40. The summed E-state index contributed by atoms with van der Waals surface area (Å²) in [4.78, 5) is 22.1. The number of carbonyl (C=O) groups is 2. The summed E-state index contributed by atoms with van der Waals surface area (Å²) in [5, 5.41) is 18.7. The van der Waals surface area contributed by atoms with Crippen LogP contribution in [0.4, 0.5) is 0 Å². The highest BCUT2D eigenvalue weighted by Crippen LogP contribution is 2.43. The molecule has 1 rings (SSSR count). The highest BCUT2D eigenvalue weighted by Gasteiger charge is 2.40. The van der Waals surface area contributed by atoms with Gasteiger partial charge >= 0.3 is 11.9 Å². The molecule has 118 valence electrons.